The molecule has 3 amide bonds. The Hall–Kier alpha value is -4.53. The molecule has 2 aliphatic carbocycles. The highest BCUT2D eigenvalue weighted by molar-refractivity contribution is 5.97. The summed E-state index contributed by atoms with van der Waals surface area (Å²) in [5.74, 6) is -3.49. The Bertz CT molecular complexity index is 1390. The summed E-state index contributed by atoms with van der Waals surface area (Å²) in [7, 11) is 1.18. The Labute approximate surface area is 265 Å². The lowest BCUT2D eigenvalue weighted by Crippen LogP contribution is -2.59. The molecular formula is C31H40N4O11. The first-order valence-corrected chi connectivity index (χ1v) is 15.1. The third-order valence-electron chi connectivity index (χ3n) is 8.69. The van der Waals surface area contributed by atoms with E-state index in [1.54, 1.807) is 20.8 Å². The third kappa shape index (κ3) is 7.14. The van der Waals surface area contributed by atoms with Crippen molar-refractivity contribution < 1.29 is 48.3 Å². The van der Waals surface area contributed by atoms with Gasteiger partial charge in [-0.2, -0.15) is 5.06 Å². The van der Waals surface area contributed by atoms with Crippen molar-refractivity contribution in [3.8, 4) is 0 Å². The summed E-state index contributed by atoms with van der Waals surface area (Å²) < 4.78 is 16.0. The highest BCUT2D eigenvalue weighted by Crippen LogP contribution is 2.45. The van der Waals surface area contributed by atoms with Crippen LogP contribution in [0, 0.1) is 21.4 Å². The fraction of sp³-hybridized carbons (Fsp3) is 0.581. The van der Waals surface area contributed by atoms with Crippen LogP contribution in [0.1, 0.15) is 69.7 Å². The molecule has 1 aromatic carbocycles. The number of carbonyl (C=O) groups excluding carboxylic acids is 5. The van der Waals surface area contributed by atoms with E-state index in [0.717, 1.165) is 29.9 Å². The van der Waals surface area contributed by atoms with Crippen LogP contribution in [-0.4, -0.2) is 93.4 Å². The molecule has 1 heterocycles. The van der Waals surface area contributed by atoms with E-state index in [2.05, 4.69) is 11.9 Å². The predicted molar refractivity (Wildman–Crippen MR) is 159 cm³/mol. The monoisotopic (exact) mass is 644 g/mol. The zero-order valence-electron chi connectivity index (χ0n) is 26.3. The molecule has 46 heavy (non-hydrogen) atoms. The SMILES string of the molecule is C=C[C@@H]1C[C@]1(NC(=O)[C@@H]1C[C@H](OC(=O)c2ccc([N+](=O)[O-])cc2)CN1C(=O)[C@@H](N(O)C(=O)OC1CCCC1)C(C)(C)C)C(=O)OC. The van der Waals surface area contributed by atoms with Crippen molar-refractivity contribution >= 4 is 35.5 Å². The number of hydroxylamine groups is 2. The lowest BCUT2D eigenvalue weighted by atomic mass is 9.85. The second kappa shape index (κ2) is 13.4. The molecule has 15 nitrogen and oxygen atoms in total. The van der Waals surface area contributed by atoms with Gasteiger partial charge in [0.15, 0.2) is 0 Å². The molecule has 0 aromatic heterocycles. The predicted octanol–water partition coefficient (Wildman–Crippen LogP) is 3.14. The summed E-state index contributed by atoms with van der Waals surface area (Å²) in [4.78, 5) is 78.1. The van der Waals surface area contributed by atoms with E-state index in [4.69, 9.17) is 14.2 Å². The molecule has 0 radical (unpaired) electrons. The van der Waals surface area contributed by atoms with Gasteiger partial charge < -0.3 is 24.4 Å². The Morgan fingerprint density at radius 1 is 1.13 bits per heavy atom. The van der Waals surface area contributed by atoms with E-state index in [9.17, 15) is 39.3 Å². The minimum atomic E-state index is -1.50. The van der Waals surface area contributed by atoms with Gasteiger partial charge in [-0.3, -0.25) is 24.9 Å². The summed E-state index contributed by atoms with van der Waals surface area (Å²) in [6.07, 6.45) is 2.06. The summed E-state index contributed by atoms with van der Waals surface area (Å²) in [5, 5.41) is 25.0. The van der Waals surface area contributed by atoms with Gasteiger partial charge >= 0.3 is 18.0 Å². The molecule has 3 aliphatic rings. The maximum atomic E-state index is 14.2. The van der Waals surface area contributed by atoms with E-state index in [1.165, 1.54) is 25.3 Å². The number of nitrogens with zero attached hydrogens (tertiary/aromatic N) is 3. The first kappa shape index (κ1) is 34.3. The smallest absolute Gasteiger partial charge is 0.434 e. The lowest BCUT2D eigenvalue weighted by Gasteiger charge is -2.38. The Morgan fingerprint density at radius 2 is 1.76 bits per heavy atom. The van der Waals surface area contributed by atoms with Crippen molar-refractivity contribution in [3.05, 3.63) is 52.6 Å². The minimum absolute atomic E-state index is 0.0107. The molecule has 5 atom stereocenters. The molecule has 4 rings (SSSR count). The van der Waals surface area contributed by atoms with Gasteiger partial charge in [-0.05, 0) is 49.7 Å². The zero-order valence-corrected chi connectivity index (χ0v) is 26.3. The Balaban J connectivity index is 1.60. The summed E-state index contributed by atoms with van der Waals surface area (Å²) >= 11 is 0. The Morgan fingerprint density at radius 3 is 2.28 bits per heavy atom. The first-order valence-electron chi connectivity index (χ1n) is 15.1. The second-order valence-corrected chi connectivity index (χ2v) is 13.0. The first-order chi connectivity index (χ1) is 21.6. The molecule has 0 unspecified atom stereocenters. The van der Waals surface area contributed by atoms with E-state index in [-0.39, 0.29) is 35.7 Å². The average molecular weight is 645 g/mol. The van der Waals surface area contributed by atoms with Crippen molar-refractivity contribution in [1.29, 1.82) is 0 Å². The van der Waals surface area contributed by atoms with E-state index < -0.39 is 75.9 Å². The maximum Gasteiger partial charge on any atom is 0.434 e. The van der Waals surface area contributed by atoms with Crippen LogP contribution in [0.5, 0.6) is 0 Å². The highest BCUT2D eigenvalue weighted by atomic mass is 16.6. The van der Waals surface area contributed by atoms with Gasteiger partial charge in [-0.15, -0.1) is 6.58 Å². The second-order valence-electron chi connectivity index (χ2n) is 13.0. The number of carbonyl (C=O) groups is 5. The van der Waals surface area contributed by atoms with Crippen LogP contribution in [0.2, 0.25) is 0 Å². The fourth-order valence-electron chi connectivity index (χ4n) is 6.11. The number of methoxy groups -OCH3 is 1. The zero-order chi connectivity index (χ0) is 34.0. The number of nitro benzene ring substituents is 1. The van der Waals surface area contributed by atoms with Crippen molar-refractivity contribution in [2.45, 2.75) is 89.1 Å². The average Bonchev–Trinajstić information content (AvgIpc) is 3.29. The molecule has 1 aromatic rings. The van der Waals surface area contributed by atoms with Gasteiger partial charge in [0.1, 0.15) is 29.8 Å². The van der Waals surface area contributed by atoms with E-state index >= 15 is 0 Å². The van der Waals surface area contributed by atoms with Crippen LogP contribution in [-0.2, 0) is 28.6 Å². The van der Waals surface area contributed by atoms with Gasteiger partial charge in [0.25, 0.3) is 5.69 Å². The summed E-state index contributed by atoms with van der Waals surface area (Å²) in [6.45, 7) is 8.30. The number of ether oxygens (including phenoxy) is 3. The van der Waals surface area contributed by atoms with E-state index in [1.807, 2.05) is 0 Å². The van der Waals surface area contributed by atoms with Crippen LogP contribution in [0.15, 0.2) is 36.9 Å². The quantitative estimate of drug-likeness (QED) is 0.0948. The molecule has 2 N–H and O–H groups in total. The van der Waals surface area contributed by atoms with Crippen LogP contribution in [0.3, 0.4) is 0 Å². The number of hydrogen-bond acceptors (Lipinski definition) is 11. The van der Waals surface area contributed by atoms with Crippen LogP contribution in [0.4, 0.5) is 10.5 Å². The van der Waals surface area contributed by atoms with Crippen molar-refractivity contribution in [1.82, 2.24) is 15.3 Å². The number of amides is 3. The van der Waals surface area contributed by atoms with Crippen LogP contribution in [0.25, 0.3) is 0 Å². The molecular weight excluding hydrogens is 604 g/mol. The van der Waals surface area contributed by atoms with Crippen LogP contribution < -0.4 is 5.32 Å². The van der Waals surface area contributed by atoms with Crippen molar-refractivity contribution in [3.63, 3.8) is 0 Å². The molecule has 2 saturated carbocycles. The number of rotatable bonds is 10. The number of nitrogens with one attached hydrogen (secondary N) is 1. The van der Waals surface area contributed by atoms with Crippen molar-refractivity contribution in [2.75, 3.05) is 13.7 Å². The number of likely N-dealkylation sites (tertiary alicyclic amines) is 1. The minimum Gasteiger partial charge on any atom is -0.467 e. The largest absolute Gasteiger partial charge is 0.467 e. The van der Waals surface area contributed by atoms with Gasteiger partial charge in [-0.25, -0.2) is 14.4 Å². The van der Waals surface area contributed by atoms with Gasteiger partial charge in [0, 0.05) is 24.5 Å². The fourth-order valence-corrected chi connectivity index (χ4v) is 6.11. The van der Waals surface area contributed by atoms with E-state index in [0.29, 0.717) is 12.8 Å². The molecule has 1 saturated heterocycles. The highest BCUT2D eigenvalue weighted by Gasteiger charge is 2.62. The number of hydrogen-bond donors (Lipinski definition) is 2. The normalized spacial score (nSPS) is 24.8. The number of benzene rings is 1. The lowest BCUT2D eigenvalue weighted by molar-refractivity contribution is -0.384. The topological polar surface area (TPSA) is 195 Å². The Kier molecular flexibility index (Phi) is 10.0. The molecule has 1 aliphatic heterocycles. The molecule has 250 valence electrons. The summed E-state index contributed by atoms with van der Waals surface area (Å²) in [5.41, 5.74) is -2.65. The maximum absolute atomic E-state index is 14.2. The summed E-state index contributed by atoms with van der Waals surface area (Å²) in [6, 6.07) is 1.95. The molecule has 15 heteroatoms. The van der Waals surface area contributed by atoms with Crippen LogP contribution >= 0.6 is 0 Å². The molecule has 0 bridgehead atoms. The molecule has 3 fully saturated rings. The number of non-ortho nitro benzene ring substituents is 1. The van der Waals surface area contributed by atoms with Gasteiger partial charge in [0.2, 0.25) is 11.8 Å². The number of nitro groups is 1. The standard InChI is InChI=1S/C31H40N4O11/c1-6-19-16-31(19,28(39)44-5)32-25(36)23-15-22(45-27(38)18-11-13-20(14-12-18)35(42)43)17-33(23)26(37)24(30(2,3)4)34(41)29(40)46-21-9-7-8-10-21/h6,11-14,19,21-24,41H,1,7-10,15-17H2,2-5H3,(H,32,36)/t19-,22+,23+,24-,31-/m1/s1. The van der Waals surface area contributed by atoms with Gasteiger partial charge in [0.05, 0.1) is 24.1 Å². The van der Waals surface area contributed by atoms with Gasteiger partial charge in [-0.1, -0.05) is 26.8 Å². The van der Waals surface area contributed by atoms with Crippen molar-refractivity contribution in [2.24, 2.45) is 11.3 Å². The third-order valence-corrected chi connectivity index (χ3v) is 8.69. The number of esters is 2. The molecule has 0 spiro atoms.